The van der Waals surface area contributed by atoms with Crippen LogP contribution >= 0.6 is 0 Å². The first-order chi connectivity index (χ1) is 18.3. The van der Waals surface area contributed by atoms with Gasteiger partial charge in [-0.25, -0.2) is 0 Å². The lowest BCUT2D eigenvalue weighted by atomic mass is 9.92. The Morgan fingerprint density at radius 1 is 0.763 bits per heavy atom. The van der Waals surface area contributed by atoms with Gasteiger partial charge in [0, 0.05) is 6.42 Å². The van der Waals surface area contributed by atoms with Gasteiger partial charge in [0.25, 0.3) is 0 Å². The normalized spacial score (nSPS) is 20.5. The molecule has 5 heteroatoms. The molecule has 1 rings (SSSR count). The van der Waals surface area contributed by atoms with Gasteiger partial charge < -0.3 is 19.3 Å². The molecule has 1 N–H and O–H groups in total. The van der Waals surface area contributed by atoms with Crippen LogP contribution in [0.2, 0.25) is 0 Å². The molecule has 0 saturated carbocycles. The second-order valence-electron chi connectivity index (χ2n) is 12.5. The molecule has 226 valence electrons. The van der Waals surface area contributed by atoms with E-state index >= 15 is 0 Å². The second kappa shape index (κ2) is 22.1. The average molecular weight is 541 g/mol. The van der Waals surface area contributed by atoms with Crippen molar-refractivity contribution in [3.63, 3.8) is 0 Å². The molecule has 38 heavy (non-hydrogen) atoms. The average Bonchev–Trinajstić information content (AvgIpc) is 3.17. The molecule has 1 fully saturated rings. The van der Waals surface area contributed by atoms with Gasteiger partial charge in [-0.2, -0.15) is 0 Å². The molecule has 1 heterocycles. The summed E-state index contributed by atoms with van der Waals surface area (Å²) in [4.78, 5) is 11.1. The van der Waals surface area contributed by atoms with Crippen LogP contribution in [0.25, 0.3) is 0 Å². The molecule has 0 amide bonds. The van der Waals surface area contributed by atoms with Crippen LogP contribution in [0.15, 0.2) is 0 Å². The van der Waals surface area contributed by atoms with Gasteiger partial charge in [-0.15, -0.1) is 0 Å². The number of methoxy groups -OCH3 is 1. The van der Waals surface area contributed by atoms with Crippen LogP contribution in [0.1, 0.15) is 169 Å². The molecule has 4 atom stereocenters. The molecule has 0 radical (unpaired) electrons. The summed E-state index contributed by atoms with van der Waals surface area (Å²) >= 11 is 0. The third kappa shape index (κ3) is 18.6. The predicted molar refractivity (Wildman–Crippen MR) is 158 cm³/mol. The van der Waals surface area contributed by atoms with Crippen molar-refractivity contribution >= 4 is 5.97 Å². The minimum absolute atomic E-state index is 0.0899. The summed E-state index contributed by atoms with van der Waals surface area (Å²) in [7, 11) is 1.46. The van der Waals surface area contributed by atoms with Crippen LogP contribution < -0.4 is 0 Å². The lowest BCUT2D eigenvalue weighted by molar-refractivity contribution is -0.148. The number of ether oxygens (including phenoxy) is 3. The first kappa shape index (κ1) is 35.4. The Bertz CT molecular complexity index is 564. The third-order valence-electron chi connectivity index (χ3n) is 8.15. The minimum atomic E-state index is -0.511. The molecule has 0 aromatic heterocycles. The summed E-state index contributed by atoms with van der Waals surface area (Å²) in [5, 5.41) is 10.6. The second-order valence-corrected chi connectivity index (χ2v) is 12.5. The number of unbranched alkanes of at least 4 members (excludes halogenated alkanes) is 14. The topological polar surface area (TPSA) is 65.0 Å². The molecule has 0 aromatic carbocycles. The van der Waals surface area contributed by atoms with E-state index in [9.17, 15) is 9.90 Å². The molecule has 1 saturated heterocycles. The smallest absolute Gasteiger partial charge is 0.305 e. The van der Waals surface area contributed by atoms with E-state index in [1.807, 2.05) is 13.8 Å². The zero-order chi connectivity index (χ0) is 28.1. The highest BCUT2D eigenvalue weighted by molar-refractivity contribution is 5.68. The Balaban J connectivity index is 2.08. The van der Waals surface area contributed by atoms with Crippen molar-refractivity contribution in [2.45, 2.75) is 193 Å². The lowest BCUT2D eigenvalue weighted by Gasteiger charge is -2.21. The molecule has 0 aromatic rings. The van der Waals surface area contributed by atoms with Crippen molar-refractivity contribution in [2.24, 2.45) is 5.92 Å². The van der Waals surface area contributed by atoms with E-state index in [-0.39, 0.29) is 24.3 Å². The fourth-order valence-corrected chi connectivity index (χ4v) is 5.81. The van der Waals surface area contributed by atoms with E-state index in [1.54, 1.807) is 0 Å². The number of carbonyl (C=O) groups is 1. The minimum Gasteiger partial charge on any atom is -0.469 e. The summed E-state index contributed by atoms with van der Waals surface area (Å²) in [5.74, 6) is 0.0546. The van der Waals surface area contributed by atoms with Gasteiger partial charge in [0.2, 0.25) is 0 Å². The van der Waals surface area contributed by atoms with Crippen LogP contribution in [-0.2, 0) is 19.0 Å². The summed E-state index contributed by atoms with van der Waals surface area (Å²) in [6.45, 7) is 8.69. The SMILES string of the molecule is CCCCCCCC[C@H](C)C[C@@H]1OC(C)(C)O[C@H]1CC[C@@H](O)CCCCCCCCCCCCC(=O)OC. The van der Waals surface area contributed by atoms with Gasteiger partial charge in [-0.3, -0.25) is 4.79 Å². The van der Waals surface area contributed by atoms with Crippen molar-refractivity contribution in [1.29, 1.82) is 0 Å². The van der Waals surface area contributed by atoms with E-state index in [1.165, 1.54) is 97.0 Å². The fraction of sp³-hybridized carbons (Fsp3) is 0.970. The van der Waals surface area contributed by atoms with Crippen LogP contribution in [0, 0.1) is 5.92 Å². The number of hydrogen-bond donors (Lipinski definition) is 1. The molecule has 5 nitrogen and oxygen atoms in total. The Morgan fingerprint density at radius 2 is 1.26 bits per heavy atom. The summed E-state index contributed by atoms with van der Waals surface area (Å²) in [6.07, 6.45) is 25.7. The van der Waals surface area contributed by atoms with Crippen LogP contribution in [0.5, 0.6) is 0 Å². The maximum Gasteiger partial charge on any atom is 0.305 e. The maximum absolute atomic E-state index is 11.1. The van der Waals surface area contributed by atoms with Gasteiger partial charge in [-0.1, -0.05) is 117 Å². The highest BCUT2D eigenvalue weighted by atomic mass is 16.7. The molecule has 0 bridgehead atoms. The van der Waals surface area contributed by atoms with E-state index in [2.05, 4.69) is 18.6 Å². The quantitative estimate of drug-likeness (QED) is 0.0923. The summed E-state index contributed by atoms with van der Waals surface area (Å²) in [6, 6.07) is 0. The van der Waals surface area contributed by atoms with Gasteiger partial charge >= 0.3 is 5.97 Å². The molecular formula is C33H64O5. The van der Waals surface area contributed by atoms with E-state index in [0.29, 0.717) is 12.3 Å². The molecule has 1 aliphatic heterocycles. The molecule has 0 spiro atoms. The molecule has 0 unspecified atom stereocenters. The predicted octanol–water partition coefficient (Wildman–Crippen LogP) is 9.28. The van der Waals surface area contributed by atoms with Crippen molar-refractivity contribution in [1.82, 2.24) is 0 Å². The first-order valence-corrected chi connectivity index (χ1v) is 16.4. The van der Waals surface area contributed by atoms with Crippen molar-refractivity contribution in [2.75, 3.05) is 7.11 Å². The van der Waals surface area contributed by atoms with E-state index in [4.69, 9.17) is 9.47 Å². The van der Waals surface area contributed by atoms with Gasteiger partial charge in [0.05, 0.1) is 25.4 Å². The van der Waals surface area contributed by atoms with E-state index in [0.717, 1.165) is 44.9 Å². The van der Waals surface area contributed by atoms with Crippen LogP contribution in [0.4, 0.5) is 0 Å². The van der Waals surface area contributed by atoms with Gasteiger partial charge in [-0.05, 0) is 51.9 Å². The number of rotatable bonds is 25. The standard InChI is InChI=1S/C33H64O5/c1-6-7-8-9-16-19-22-28(2)27-31-30(37-33(3,4)38-31)26-25-29(34)23-20-17-14-12-10-11-13-15-18-21-24-32(35)36-5/h28-31,34H,6-27H2,1-5H3/t28-,29-,30-,31-/m0/s1. The summed E-state index contributed by atoms with van der Waals surface area (Å²) < 4.78 is 17.2. The number of carbonyl (C=O) groups excluding carboxylic acids is 1. The fourth-order valence-electron chi connectivity index (χ4n) is 5.81. The number of aliphatic hydroxyl groups is 1. The zero-order valence-corrected chi connectivity index (χ0v) is 25.9. The van der Waals surface area contributed by atoms with Crippen LogP contribution in [0.3, 0.4) is 0 Å². The number of hydrogen-bond acceptors (Lipinski definition) is 5. The highest BCUT2D eigenvalue weighted by Gasteiger charge is 2.41. The Morgan fingerprint density at radius 3 is 1.84 bits per heavy atom. The van der Waals surface area contributed by atoms with Gasteiger partial charge in [0.1, 0.15) is 0 Å². The Kier molecular flexibility index (Phi) is 20.6. The first-order valence-electron chi connectivity index (χ1n) is 16.4. The number of esters is 1. The van der Waals surface area contributed by atoms with Crippen molar-refractivity contribution in [3.8, 4) is 0 Å². The Labute approximate surface area is 236 Å². The number of aliphatic hydroxyl groups excluding tert-OH is 1. The zero-order valence-electron chi connectivity index (χ0n) is 25.9. The lowest BCUT2D eigenvalue weighted by Crippen LogP contribution is -2.26. The summed E-state index contributed by atoms with van der Waals surface area (Å²) in [5.41, 5.74) is 0. The monoisotopic (exact) mass is 540 g/mol. The van der Waals surface area contributed by atoms with Crippen molar-refractivity contribution in [3.05, 3.63) is 0 Å². The molecular weight excluding hydrogens is 476 g/mol. The van der Waals surface area contributed by atoms with Gasteiger partial charge in [0.15, 0.2) is 5.79 Å². The molecule has 1 aliphatic rings. The van der Waals surface area contributed by atoms with Crippen molar-refractivity contribution < 1.29 is 24.1 Å². The molecule has 0 aliphatic carbocycles. The third-order valence-corrected chi connectivity index (χ3v) is 8.15. The largest absolute Gasteiger partial charge is 0.469 e. The van der Waals surface area contributed by atoms with E-state index < -0.39 is 5.79 Å². The maximum atomic E-state index is 11.1. The van der Waals surface area contributed by atoms with Crippen LogP contribution in [-0.4, -0.2) is 42.3 Å². The highest BCUT2D eigenvalue weighted by Crippen LogP contribution is 2.35. The Hall–Kier alpha value is -0.650.